The van der Waals surface area contributed by atoms with Crippen molar-refractivity contribution in [2.24, 2.45) is 21.2 Å². The van der Waals surface area contributed by atoms with Crippen molar-refractivity contribution in [1.29, 1.82) is 5.53 Å². The highest BCUT2D eigenvalue weighted by Gasteiger charge is 2.33. The molecule has 2 heterocycles. The normalized spacial score (nSPS) is 21.5. The van der Waals surface area contributed by atoms with Crippen molar-refractivity contribution >= 4 is 32.7 Å². The van der Waals surface area contributed by atoms with Gasteiger partial charge in [0.05, 0.1) is 5.56 Å². The van der Waals surface area contributed by atoms with Crippen molar-refractivity contribution in [2.75, 3.05) is 37.0 Å². The number of nitrogens with zero attached hydrogens (tertiary/aromatic N) is 3. The predicted molar refractivity (Wildman–Crippen MR) is 111 cm³/mol. The zero-order valence-corrected chi connectivity index (χ0v) is 17.6. The second-order valence-electron chi connectivity index (χ2n) is 7.00. The molecule has 1 aromatic rings. The SMILES string of the molecule is N=N/N=C(\N)c1c(N2CCCC2)ccc([S+]([O-])CN[C@@H]2CCNC2)c1S(N)(=O)=O. The summed E-state index contributed by atoms with van der Waals surface area (Å²) in [6, 6.07) is 3.38. The summed E-state index contributed by atoms with van der Waals surface area (Å²) in [6.07, 6.45) is 2.82. The molecule has 2 atom stereocenters. The summed E-state index contributed by atoms with van der Waals surface area (Å²) in [4.78, 5) is 1.72. The molecule has 0 saturated carbocycles. The molecule has 0 aromatic heterocycles. The molecule has 3 rings (SSSR count). The maximum Gasteiger partial charge on any atom is 0.243 e. The van der Waals surface area contributed by atoms with E-state index < -0.39 is 21.2 Å². The van der Waals surface area contributed by atoms with Crippen molar-refractivity contribution in [3.05, 3.63) is 17.7 Å². The Morgan fingerprint density at radius 2 is 2.14 bits per heavy atom. The largest absolute Gasteiger partial charge is 0.610 e. The summed E-state index contributed by atoms with van der Waals surface area (Å²) in [5, 5.41) is 18.4. The van der Waals surface area contributed by atoms with Gasteiger partial charge in [-0.15, -0.1) is 5.10 Å². The third kappa shape index (κ3) is 5.05. The maximum absolute atomic E-state index is 13.0. The number of amidine groups is 1. The van der Waals surface area contributed by atoms with E-state index in [-0.39, 0.29) is 33.1 Å². The van der Waals surface area contributed by atoms with Gasteiger partial charge in [-0.05, 0) is 37.9 Å². The van der Waals surface area contributed by atoms with Gasteiger partial charge in [-0.1, -0.05) is 5.22 Å². The van der Waals surface area contributed by atoms with Crippen molar-refractivity contribution < 1.29 is 13.0 Å². The first-order valence-electron chi connectivity index (χ1n) is 9.30. The molecular formula is C16H26N8O3S2. The van der Waals surface area contributed by atoms with Gasteiger partial charge in [-0.25, -0.2) is 13.6 Å². The zero-order valence-electron chi connectivity index (χ0n) is 15.9. The van der Waals surface area contributed by atoms with Crippen LogP contribution in [0.1, 0.15) is 24.8 Å². The molecule has 0 aliphatic carbocycles. The van der Waals surface area contributed by atoms with Gasteiger partial charge in [0.1, 0.15) is 4.90 Å². The Labute approximate surface area is 173 Å². The average molecular weight is 443 g/mol. The molecule has 1 aromatic carbocycles. The van der Waals surface area contributed by atoms with Crippen molar-refractivity contribution in [2.45, 2.75) is 35.1 Å². The highest BCUT2D eigenvalue weighted by atomic mass is 32.2. The third-order valence-electron chi connectivity index (χ3n) is 5.05. The fraction of sp³-hybridized carbons (Fsp3) is 0.562. The molecular weight excluding hydrogens is 416 g/mol. The second kappa shape index (κ2) is 9.36. The van der Waals surface area contributed by atoms with Crippen LogP contribution < -0.4 is 26.4 Å². The monoisotopic (exact) mass is 442 g/mol. The third-order valence-corrected chi connectivity index (χ3v) is 7.44. The number of sulfonamides is 1. The molecule has 11 nitrogen and oxygen atoms in total. The molecule has 0 bridgehead atoms. The molecule has 0 radical (unpaired) electrons. The number of anilines is 1. The first kappa shape index (κ1) is 21.9. The van der Waals surface area contributed by atoms with E-state index in [0.717, 1.165) is 45.4 Å². The summed E-state index contributed by atoms with van der Waals surface area (Å²) >= 11 is -1.68. The highest BCUT2D eigenvalue weighted by molar-refractivity contribution is 7.93. The fourth-order valence-electron chi connectivity index (χ4n) is 3.69. The number of hydrogen-bond acceptors (Lipinski definition) is 8. The Bertz CT molecular complexity index is 880. The number of nitrogens with two attached hydrogens (primary N) is 2. The van der Waals surface area contributed by atoms with E-state index >= 15 is 0 Å². The van der Waals surface area contributed by atoms with Crippen molar-refractivity contribution in [3.63, 3.8) is 0 Å². The van der Waals surface area contributed by atoms with Crippen LogP contribution >= 0.6 is 0 Å². The zero-order chi connectivity index (χ0) is 21.0. The summed E-state index contributed by atoms with van der Waals surface area (Å²) in [6.45, 7) is 3.09. The molecule has 1 unspecified atom stereocenters. The molecule has 2 fully saturated rings. The van der Waals surface area contributed by atoms with Gasteiger partial charge >= 0.3 is 0 Å². The predicted octanol–water partition coefficient (Wildman–Crippen LogP) is -0.398. The minimum Gasteiger partial charge on any atom is -0.610 e. The Morgan fingerprint density at radius 3 is 2.72 bits per heavy atom. The summed E-state index contributed by atoms with van der Waals surface area (Å²) in [7, 11) is -4.29. The maximum atomic E-state index is 13.0. The van der Waals surface area contributed by atoms with Crippen LogP contribution in [-0.4, -0.2) is 56.9 Å². The van der Waals surface area contributed by atoms with Gasteiger partial charge < -0.3 is 20.5 Å². The summed E-state index contributed by atoms with van der Waals surface area (Å²) < 4.78 is 38.0. The van der Waals surface area contributed by atoms with Gasteiger partial charge in [0.15, 0.2) is 16.6 Å². The lowest BCUT2D eigenvalue weighted by atomic mass is 10.1. The second-order valence-corrected chi connectivity index (χ2v) is 9.91. The Kier molecular flexibility index (Phi) is 7.08. The van der Waals surface area contributed by atoms with E-state index in [1.165, 1.54) is 6.07 Å². The van der Waals surface area contributed by atoms with E-state index in [2.05, 4.69) is 21.0 Å². The quantitative estimate of drug-likeness (QED) is 0.119. The Morgan fingerprint density at radius 1 is 1.41 bits per heavy atom. The molecule has 0 spiro atoms. The average Bonchev–Trinajstić information content (AvgIpc) is 3.38. The number of rotatable bonds is 8. The van der Waals surface area contributed by atoms with Crippen LogP contribution in [0.5, 0.6) is 0 Å². The minimum absolute atomic E-state index is 0.0544. The van der Waals surface area contributed by atoms with Gasteiger partial charge in [-0.2, -0.15) is 5.53 Å². The molecule has 29 heavy (non-hydrogen) atoms. The number of hydrogen-bond donors (Lipinski definition) is 5. The van der Waals surface area contributed by atoms with Crippen molar-refractivity contribution in [3.8, 4) is 0 Å². The number of nitrogens with one attached hydrogen (secondary N) is 3. The lowest BCUT2D eigenvalue weighted by molar-refractivity contribution is 0.553. The number of benzene rings is 1. The molecule has 7 N–H and O–H groups in total. The van der Waals surface area contributed by atoms with E-state index in [1.54, 1.807) is 6.07 Å². The Hall–Kier alpha value is -1.77. The minimum atomic E-state index is -4.29. The molecule has 2 saturated heterocycles. The molecule has 2 aliphatic rings. The van der Waals surface area contributed by atoms with E-state index in [9.17, 15) is 13.0 Å². The van der Waals surface area contributed by atoms with Crippen LogP contribution in [0.4, 0.5) is 5.69 Å². The van der Waals surface area contributed by atoms with E-state index in [0.29, 0.717) is 5.69 Å². The van der Waals surface area contributed by atoms with Crippen molar-refractivity contribution in [1.82, 2.24) is 10.6 Å². The van der Waals surface area contributed by atoms with Crippen LogP contribution in [0.3, 0.4) is 0 Å². The van der Waals surface area contributed by atoms with Gasteiger partial charge in [0.25, 0.3) is 0 Å². The molecule has 13 heteroatoms. The van der Waals surface area contributed by atoms with Crippen LogP contribution in [0.15, 0.2) is 32.2 Å². The standard InChI is InChI=1S/C16H26N8O3S2/c17-16(22-23-18)14-12(24-7-1-2-8-24)3-4-13(15(14)29(19,26)27)28(25)10-21-11-5-6-20-9-11/h3-4,11,20-21H,1-2,5-10H2,(H3,17,18,22)(H2,19,26,27)/t11-,28?/m1/s1. The molecule has 0 amide bonds. The van der Waals surface area contributed by atoms with Crippen LogP contribution in [0.2, 0.25) is 0 Å². The first-order chi connectivity index (χ1) is 13.8. The highest BCUT2D eigenvalue weighted by Crippen LogP contribution is 2.34. The van der Waals surface area contributed by atoms with E-state index in [1.807, 2.05) is 4.90 Å². The summed E-state index contributed by atoms with van der Waals surface area (Å²) in [5.74, 6) is -0.172. The van der Waals surface area contributed by atoms with Gasteiger partial charge in [0.2, 0.25) is 10.0 Å². The molecule has 160 valence electrons. The van der Waals surface area contributed by atoms with Crippen LogP contribution in [0, 0.1) is 5.53 Å². The van der Waals surface area contributed by atoms with Crippen LogP contribution in [0.25, 0.3) is 0 Å². The summed E-state index contributed by atoms with van der Waals surface area (Å²) in [5.41, 5.74) is 13.5. The number of primary sulfonamides is 1. The lowest BCUT2D eigenvalue weighted by Gasteiger charge is -2.24. The fourth-order valence-corrected chi connectivity index (χ4v) is 6.23. The van der Waals surface area contributed by atoms with Gasteiger partial charge in [-0.3, -0.25) is 5.32 Å². The Balaban J connectivity index is 2.06. The smallest absolute Gasteiger partial charge is 0.243 e. The van der Waals surface area contributed by atoms with Crippen LogP contribution in [-0.2, 0) is 21.2 Å². The topological polar surface area (TPSA) is 185 Å². The van der Waals surface area contributed by atoms with Gasteiger partial charge in [0, 0.05) is 42.5 Å². The first-order valence-corrected chi connectivity index (χ1v) is 12.2. The van der Waals surface area contributed by atoms with E-state index in [4.69, 9.17) is 16.4 Å². The lowest BCUT2D eigenvalue weighted by Crippen LogP contribution is -2.36. The molecule has 2 aliphatic heterocycles.